The van der Waals surface area contributed by atoms with Crippen molar-refractivity contribution in [2.75, 3.05) is 20.4 Å². The average Bonchev–Trinajstić information content (AvgIpc) is 3.15. The summed E-state index contributed by atoms with van der Waals surface area (Å²) in [6.45, 7) is 2.66. The summed E-state index contributed by atoms with van der Waals surface area (Å²) in [6.07, 6.45) is 5.54. The summed E-state index contributed by atoms with van der Waals surface area (Å²) in [5.41, 5.74) is 0.926. The number of hydrogen-bond donors (Lipinski definition) is 1. The number of fused-ring (bicyclic) bond motifs is 1. The Labute approximate surface area is 160 Å². The van der Waals surface area contributed by atoms with Crippen LogP contribution in [-0.4, -0.2) is 43.4 Å². The van der Waals surface area contributed by atoms with Gasteiger partial charge in [0.2, 0.25) is 6.79 Å². The Bertz CT molecular complexity index is 672. The van der Waals surface area contributed by atoms with E-state index in [0.29, 0.717) is 24.6 Å². The minimum absolute atomic E-state index is 0.143. The van der Waals surface area contributed by atoms with Crippen LogP contribution in [0.1, 0.15) is 44.6 Å². The van der Waals surface area contributed by atoms with Crippen molar-refractivity contribution in [3.05, 3.63) is 23.8 Å². The number of methoxy groups -OCH3 is 1. The first-order valence-corrected chi connectivity index (χ1v) is 9.58. The van der Waals surface area contributed by atoms with Crippen LogP contribution >= 0.6 is 0 Å². The van der Waals surface area contributed by atoms with Crippen molar-refractivity contribution in [3.63, 3.8) is 0 Å². The molecule has 2 aliphatic rings. The Morgan fingerprint density at radius 1 is 1.22 bits per heavy atom. The number of hydrogen-bond acceptors (Lipinski definition) is 5. The first kappa shape index (κ1) is 19.3. The molecule has 1 aliphatic heterocycles. The lowest BCUT2D eigenvalue weighted by atomic mass is 9.96. The summed E-state index contributed by atoms with van der Waals surface area (Å²) in [5, 5.41) is 3.13. The van der Waals surface area contributed by atoms with Crippen LogP contribution in [0.5, 0.6) is 11.5 Å². The number of nitrogens with zero attached hydrogens (tertiary/aromatic N) is 1. The molecule has 0 saturated heterocycles. The van der Waals surface area contributed by atoms with E-state index in [2.05, 4.69) is 5.32 Å². The molecule has 1 heterocycles. The minimum Gasteiger partial charge on any atom is -0.469 e. The van der Waals surface area contributed by atoms with Gasteiger partial charge in [-0.25, -0.2) is 4.79 Å². The Kier molecular flexibility index (Phi) is 6.42. The van der Waals surface area contributed by atoms with Gasteiger partial charge in [-0.1, -0.05) is 32.3 Å². The zero-order valence-corrected chi connectivity index (χ0v) is 16.0. The quantitative estimate of drug-likeness (QED) is 0.772. The maximum absolute atomic E-state index is 12.9. The number of urea groups is 1. The van der Waals surface area contributed by atoms with E-state index in [1.165, 1.54) is 13.5 Å². The van der Waals surface area contributed by atoms with Gasteiger partial charge >= 0.3 is 12.0 Å². The molecule has 1 aromatic rings. The number of benzene rings is 1. The van der Waals surface area contributed by atoms with Crippen molar-refractivity contribution < 1.29 is 23.8 Å². The van der Waals surface area contributed by atoms with Crippen LogP contribution < -0.4 is 14.8 Å². The number of ether oxygens (including phenoxy) is 3. The molecule has 0 radical (unpaired) electrons. The van der Waals surface area contributed by atoms with Gasteiger partial charge < -0.3 is 24.4 Å². The maximum atomic E-state index is 12.9. The van der Waals surface area contributed by atoms with Crippen molar-refractivity contribution in [3.8, 4) is 11.5 Å². The fourth-order valence-corrected chi connectivity index (χ4v) is 3.60. The Hall–Kier alpha value is -2.44. The van der Waals surface area contributed by atoms with Crippen molar-refractivity contribution in [1.29, 1.82) is 0 Å². The third-order valence-corrected chi connectivity index (χ3v) is 5.13. The molecule has 148 valence electrons. The Morgan fingerprint density at radius 2 is 1.96 bits per heavy atom. The van der Waals surface area contributed by atoms with Crippen LogP contribution in [0.15, 0.2) is 18.2 Å². The summed E-state index contributed by atoms with van der Waals surface area (Å²) in [6, 6.07) is 5.70. The lowest BCUT2D eigenvalue weighted by molar-refractivity contribution is -0.145. The van der Waals surface area contributed by atoms with Gasteiger partial charge in [0, 0.05) is 19.1 Å². The van der Waals surface area contributed by atoms with E-state index >= 15 is 0 Å². The van der Waals surface area contributed by atoms with Crippen LogP contribution in [-0.2, 0) is 16.1 Å². The molecule has 1 unspecified atom stereocenters. The topological polar surface area (TPSA) is 77.1 Å². The van der Waals surface area contributed by atoms with Crippen LogP contribution in [0.2, 0.25) is 0 Å². The second-order valence-corrected chi connectivity index (χ2v) is 7.28. The molecule has 1 saturated carbocycles. The second kappa shape index (κ2) is 8.97. The van der Waals surface area contributed by atoms with Crippen molar-refractivity contribution in [2.24, 2.45) is 5.92 Å². The molecule has 0 spiro atoms. The lowest BCUT2D eigenvalue weighted by Crippen LogP contribution is -2.47. The molecule has 1 fully saturated rings. The summed E-state index contributed by atoms with van der Waals surface area (Å²) >= 11 is 0. The molecular weight excluding hydrogens is 348 g/mol. The molecule has 7 heteroatoms. The van der Waals surface area contributed by atoms with Crippen molar-refractivity contribution >= 4 is 12.0 Å². The van der Waals surface area contributed by atoms with E-state index in [0.717, 1.165) is 31.2 Å². The number of carbonyl (C=O) groups is 2. The highest BCUT2D eigenvalue weighted by atomic mass is 16.7. The van der Waals surface area contributed by atoms with E-state index in [4.69, 9.17) is 14.2 Å². The van der Waals surface area contributed by atoms with Crippen molar-refractivity contribution in [1.82, 2.24) is 10.2 Å². The maximum Gasteiger partial charge on any atom is 0.317 e. The van der Waals surface area contributed by atoms with Gasteiger partial charge in [0.1, 0.15) is 0 Å². The van der Waals surface area contributed by atoms with E-state index in [1.54, 1.807) is 11.8 Å². The van der Waals surface area contributed by atoms with Crippen LogP contribution in [0, 0.1) is 5.92 Å². The van der Waals surface area contributed by atoms with Gasteiger partial charge in [0.05, 0.1) is 13.0 Å². The van der Waals surface area contributed by atoms with E-state index < -0.39 is 5.92 Å². The highest BCUT2D eigenvalue weighted by molar-refractivity contribution is 5.77. The second-order valence-electron chi connectivity index (χ2n) is 7.28. The largest absolute Gasteiger partial charge is 0.469 e. The Balaban J connectivity index is 1.69. The standard InChI is InChI=1S/C20H28N2O5/c1-14(19(23)25-2)11-22(20(24)21-16-6-4-3-5-7-16)12-15-8-9-17-18(10-15)27-13-26-17/h8-10,14,16H,3-7,11-13H2,1-2H3,(H,21,24). The molecular formula is C20H28N2O5. The zero-order chi connectivity index (χ0) is 19.2. The molecule has 7 nitrogen and oxygen atoms in total. The number of nitrogens with one attached hydrogen (secondary N) is 1. The average molecular weight is 376 g/mol. The summed E-state index contributed by atoms with van der Waals surface area (Å²) < 4.78 is 15.6. The minimum atomic E-state index is -0.402. The third-order valence-electron chi connectivity index (χ3n) is 5.13. The third kappa shape index (κ3) is 5.05. The molecule has 3 rings (SSSR count). The normalized spacial score (nSPS) is 17.3. The number of rotatable bonds is 6. The number of amides is 2. The highest BCUT2D eigenvalue weighted by Crippen LogP contribution is 2.33. The van der Waals surface area contributed by atoms with Gasteiger partial charge in [-0.2, -0.15) is 0 Å². The first-order chi connectivity index (χ1) is 13.1. The van der Waals surface area contributed by atoms with E-state index in [-0.39, 0.29) is 24.8 Å². The lowest BCUT2D eigenvalue weighted by Gasteiger charge is -2.29. The Morgan fingerprint density at radius 3 is 2.70 bits per heavy atom. The van der Waals surface area contributed by atoms with Gasteiger partial charge in [-0.05, 0) is 30.5 Å². The van der Waals surface area contributed by atoms with Crippen LogP contribution in [0.4, 0.5) is 4.79 Å². The first-order valence-electron chi connectivity index (χ1n) is 9.58. The smallest absolute Gasteiger partial charge is 0.317 e. The van der Waals surface area contributed by atoms with Crippen molar-refractivity contribution in [2.45, 2.75) is 51.6 Å². The summed E-state index contributed by atoms with van der Waals surface area (Å²) in [4.78, 5) is 26.4. The van der Waals surface area contributed by atoms with Gasteiger partial charge in [0.15, 0.2) is 11.5 Å². The SMILES string of the molecule is COC(=O)C(C)CN(Cc1ccc2c(c1)OCO2)C(=O)NC1CCCCC1. The number of carbonyl (C=O) groups excluding carboxylic acids is 2. The molecule has 1 aromatic carbocycles. The molecule has 0 bridgehead atoms. The number of esters is 1. The van der Waals surface area contributed by atoms with Gasteiger partial charge in [-0.3, -0.25) is 4.79 Å². The molecule has 2 amide bonds. The van der Waals surface area contributed by atoms with E-state index in [9.17, 15) is 9.59 Å². The van der Waals surface area contributed by atoms with Crippen LogP contribution in [0.25, 0.3) is 0 Å². The predicted molar refractivity (Wildman–Crippen MR) is 99.6 cm³/mol. The fraction of sp³-hybridized carbons (Fsp3) is 0.600. The molecule has 1 aliphatic carbocycles. The van der Waals surface area contributed by atoms with Gasteiger partial charge in [-0.15, -0.1) is 0 Å². The van der Waals surface area contributed by atoms with E-state index in [1.807, 2.05) is 18.2 Å². The van der Waals surface area contributed by atoms with Gasteiger partial charge in [0.25, 0.3) is 0 Å². The van der Waals surface area contributed by atoms with Crippen LogP contribution in [0.3, 0.4) is 0 Å². The summed E-state index contributed by atoms with van der Waals surface area (Å²) in [7, 11) is 1.36. The molecule has 27 heavy (non-hydrogen) atoms. The predicted octanol–water partition coefficient (Wildman–Crippen LogP) is 3.07. The zero-order valence-electron chi connectivity index (χ0n) is 16.0. The molecule has 1 N–H and O–H groups in total. The summed E-state index contributed by atoms with van der Waals surface area (Å²) in [5.74, 6) is 0.665. The highest BCUT2D eigenvalue weighted by Gasteiger charge is 2.25. The molecule has 1 atom stereocenters. The molecule has 0 aromatic heterocycles. The fourth-order valence-electron chi connectivity index (χ4n) is 3.60. The monoisotopic (exact) mass is 376 g/mol.